The minimum atomic E-state index is -0.330. The number of nitrogens with zero attached hydrogens (tertiary/aromatic N) is 1. The van der Waals surface area contributed by atoms with Crippen molar-refractivity contribution in [1.29, 1.82) is 0 Å². The van der Waals surface area contributed by atoms with Crippen LogP contribution < -0.4 is 5.73 Å². The molecule has 0 aliphatic rings. The van der Waals surface area contributed by atoms with Gasteiger partial charge in [0.05, 0.1) is 0 Å². The van der Waals surface area contributed by atoms with Crippen molar-refractivity contribution in [2.24, 2.45) is 5.73 Å². The van der Waals surface area contributed by atoms with Gasteiger partial charge < -0.3 is 10.3 Å². The van der Waals surface area contributed by atoms with Crippen molar-refractivity contribution in [3.05, 3.63) is 66.5 Å². The second-order valence-electron chi connectivity index (χ2n) is 4.89. The van der Waals surface area contributed by atoms with Gasteiger partial charge in [-0.15, -0.1) is 6.58 Å². The molecule has 21 heavy (non-hydrogen) atoms. The summed E-state index contributed by atoms with van der Waals surface area (Å²) in [5.74, 6) is -0.318. The number of fused-ring (bicyclic) bond motifs is 1. The lowest BCUT2D eigenvalue weighted by Gasteiger charge is -2.14. The molecule has 106 valence electrons. The Morgan fingerprint density at radius 3 is 2.90 bits per heavy atom. The summed E-state index contributed by atoms with van der Waals surface area (Å²) in [4.78, 5) is 0. The second kappa shape index (κ2) is 5.50. The molecule has 0 unspecified atom stereocenters. The van der Waals surface area contributed by atoms with Crippen LogP contribution in [-0.4, -0.2) is 5.16 Å². The average Bonchev–Trinajstić information content (AvgIpc) is 2.91. The van der Waals surface area contributed by atoms with Crippen LogP contribution in [0.4, 0.5) is 4.39 Å². The lowest BCUT2D eigenvalue weighted by Crippen LogP contribution is -2.11. The van der Waals surface area contributed by atoms with Crippen LogP contribution in [0.5, 0.6) is 0 Å². The third-order valence-electron chi connectivity index (χ3n) is 3.47. The van der Waals surface area contributed by atoms with E-state index in [9.17, 15) is 4.39 Å². The average molecular weight is 282 g/mol. The highest BCUT2D eigenvalue weighted by Crippen LogP contribution is 2.33. The van der Waals surface area contributed by atoms with Gasteiger partial charge in [-0.25, -0.2) is 4.39 Å². The van der Waals surface area contributed by atoms with Gasteiger partial charge >= 0.3 is 0 Å². The lowest BCUT2D eigenvalue weighted by atomic mass is 9.95. The summed E-state index contributed by atoms with van der Waals surface area (Å²) in [6, 6.07) is 11.8. The molecule has 0 radical (unpaired) electrons. The number of rotatable bonds is 4. The molecular formula is C17H15FN2O. The zero-order valence-electron chi connectivity index (χ0n) is 11.4. The van der Waals surface area contributed by atoms with E-state index in [1.807, 2.05) is 24.3 Å². The van der Waals surface area contributed by atoms with Crippen LogP contribution in [0, 0.1) is 5.82 Å². The van der Waals surface area contributed by atoms with E-state index < -0.39 is 0 Å². The molecule has 4 heteroatoms. The van der Waals surface area contributed by atoms with E-state index in [0.29, 0.717) is 23.3 Å². The summed E-state index contributed by atoms with van der Waals surface area (Å²) in [6.45, 7) is 3.68. The van der Waals surface area contributed by atoms with Gasteiger partial charge in [-0.1, -0.05) is 23.4 Å². The number of halogens is 1. The summed E-state index contributed by atoms with van der Waals surface area (Å²) < 4.78 is 18.9. The molecule has 0 spiro atoms. The van der Waals surface area contributed by atoms with Crippen LogP contribution in [-0.2, 0) is 0 Å². The first-order valence-corrected chi connectivity index (χ1v) is 6.71. The maximum absolute atomic E-state index is 13.6. The van der Waals surface area contributed by atoms with Crippen LogP contribution in [0.2, 0.25) is 0 Å². The van der Waals surface area contributed by atoms with Gasteiger partial charge in [0.1, 0.15) is 11.5 Å². The van der Waals surface area contributed by atoms with E-state index >= 15 is 0 Å². The molecule has 2 aromatic carbocycles. The van der Waals surface area contributed by atoms with Crippen molar-refractivity contribution in [3.63, 3.8) is 0 Å². The number of nitrogens with two attached hydrogens (primary N) is 1. The summed E-state index contributed by atoms with van der Waals surface area (Å²) in [5.41, 5.74) is 8.99. The van der Waals surface area contributed by atoms with E-state index in [1.54, 1.807) is 12.1 Å². The van der Waals surface area contributed by atoms with E-state index in [-0.39, 0.29) is 11.9 Å². The highest BCUT2D eigenvalue weighted by Gasteiger charge is 2.17. The maximum Gasteiger partial charge on any atom is 0.167 e. The molecule has 0 aliphatic carbocycles. The van der Waals surface area contributed by atoms with Crippen LogP contribution in [0.1, 0.15) is 18.0 Å². The zero-order valence-corrected chi connectivity index (χ0v) is 11.4. The fraction of sp³-hybridized carbons (Fsp3) is 0.118. The molecule has 3 nitrogen and oxygen atoms in total. The molecule has 1 atom stereocenters. The number of aromatic nitrogens is 1. The normalized spacial score (nSPS) is 12.5. The molecule has 0 fully saturated rings. The van der Waals surface area contributed by atoms with Crippen molar-refractivity contribution in [2.75, 3.05) is 0 Å². The molecule has 0 saturated heterocycles. The van der Waals surface area contributed by atoms with Gasteiger partial charge in [0.2, 0.25) is 0 Å². The zero-order chi connectivity index (χ0) is 14.8. The largest absolute Gasteiger partial charge is 0.356 e. The third kappa shape index (κ3) is 2.45. The monoisotopic (exact) mass is 282 g/mol. The number of para-hydroxylation sites is 1. The summed E-state index contributed by atoms with van der Waals surface area (Å²) in [7, 11) is 0. The maximum atomic E-state index is 13.6. The lowest BCUT2D eigenvalue weighted by molar-refractivity contribution is 0.459. The molecule has 1 heterocycles. The Hall–Kier alpha value is -2.46. The first-order chi connectivity index (χ1) is 10.2. The minimum absolute atomic E-state index is 0.318. The fourth-order valence-electron chi connectivity index (χ4n) is 2.44. The van der Waals surface area contributed by atoms with Gasteiger partial charge in [-0.2, -0.15) is 0 Å². The smallest absolute Gasteiger partial charge is 0.167 e. The molecule has 3 rings (SSSR count). The summed E-state index contributed by atoms with van der Waals surface area (Å²) >= 11 is 0. The van der Waals surface area contributed by atoms with Crippen molar-refractivity contribution in [1.82, 2.24) is 5.16 Å². The Morgan fingerprint density at radius 2 is 2.10 bits per heavy atom. The van der Waals surface area contributed by atoms with Crippen LogP contribution in [0.25, 0.3) is 22.2 Å². The van der Waals surface area contributed by atoms with Gasteiger partial charge in [0, 0.05) is 17.0 Å². The van der Waals surface area contributed by atoms with Gasteiger partial charge in [0.25, 0.3) is 0 Å². The molecule has 0 bridgehead atoms. The SMILES string of the molecule is C=CC[C@H](N)c1cc(F)ccc1-c1noc2ccccc12. The van der Waals surface area contributed by atoms with Gasteiger partial charge in [-0.05, 0) is 42.3 Å². The fourth-order valence-corrected chi connectivity index (χ4v) is 2.44. The van der Waals surface area contributed by atoms with Crippen LogP contribution in [0.15, 0.2) is 59.6 Å². The predicted octanol–water partition coefficient (Wildman–Crippen LogP) is 4.21. The Morgan fingerprint density at radius 1 is 1.29 bits per heavy atom. The third-order valence-corrected chi connectivity index (χ3v) is 3.47. The van der Waals surface area contributed by atoms with Crippen LogP contribution >= 0.6 is 0 Å². The van der Waals surface area contributed by atoms with Crippen molar-refractivity contribution >= 4 is 11.0 Å². The second-order valence-corrected chi connectivity index (χ2v) is 4.89. The van der Waals surface area contributed by atoms with Gasteiger partial charge in [-0.3, -0.25) is 0 Å². The van der Waals surface area contributed by atoms with Gasteiger partial charge in [0.15, 0.2) is 5.58 Å². The van der Waals surface area contributed by atoms with Crippen molar-refractivity contribution < 1.29 is 8.91 Å². The predicted molar refractivity (Wildman–Crippen MR) is 81.1 cm³/mol. The molecule has 0 amide bonds. The minimum Gasteiger partial charge on any atom is -0.356 e. The summed E-state index contributed by atoms with van der Waals surface area (Å²) in [5, 5.41) is 5.00. The molecule has 3 aromatic rings. The highest BCUT2D eigenvalue weighted by atomic mass is 19.1. The standard InChI is InChI=1S/C17H15FN2O/c1-2-5-15(19)14-10-11(18)8-9-12(14)17-13-6-3-4-7-16(13)21-20-17/h2-4,6-10,15H,1,5,19H2/t15-/m0/s1. The summed E-state index contributed by atoms with van der Waals surface area (Å²) in [6.07, 6.45) is 2.28. The Labute approximate surface area is 121 Å². The number of benzene rings is 2. The van der Waals surface area contributed by atoms with E-state index in [1.165, 1.54) is 12.1 Å². The first-order valence-electron chi connectivity index (χ1n) is 6.71. The molecular weight excluding hydrogens is 267 g/mol. The molecule has 1 aromatic heterocycles. The quantitative estimate of drug-likeness (QED) is 0.729. The Kier molecular flexibility index (Phi) is 3.54. The molecule has 0 saturated carbocycles. The number of hydrogen-bond donors (Lipinski definition) is 1. The van der Waals surface area contributed by atoms with Crippen molar-refractivity contribution in [2.45, 2.75) is 12.5 Å². The van der Waals surface area contributed by atoms with E-state index in [4.69, 9.17) is 10.3 Å². The van der Waals surface area contributed by atoms with Crippen LogP contribution in [0.3, 0.4) is 0 Å². The Bertz CT molecular complexity index is 794. The molecule has 0 aliphatic heterocycles. The first kappa shape index (κ1) is 13.5. The highest BCUT2D eigenvalue weighted by molar-refractivity contribution is 5.92. The topological polar surface area (TPSA) is 52.0 Å². The van der Waals surface area contributed by atoms with E-state index in [2.05, 4.69) is 11.7 Å². The van der Waals surface area contributed by atoms with Crippen molar-refractivity contribution in [3.8, 4) is 11.3 Å². The Balaban J connectivity index is 2.20. The number of hydrogen-bond acceptors (Lipinski definition) is 3. The molecule has 2 N–H and O–H groups in total. The van der Waals surface area contributed by atoms with E-state index in [0.717, 1.165) is 10.9 Å².